The standard InChI is InChI=1S/C17H24N2O3S/c20-17(18-15-8-2-1-3-9-15)14-7-6-10-16(13-14)23(21,22)19-11-4-5-12-19/h6-7,10,13,15H,1-5,8-9,11-12H2,(H,18,20). The molecular weight excluding hydrogens is 312 g/mol. The van der Waals surface area contributed by atoms with Crippen molar-refractivity contribution in [1.82, 2.24) is 9.62 Å². The number of amides is 1. The number of carbonyl (C=O) groups is 1. The molecule has 0 atom stereocenters. The van der Waals surface area contributed by atoms with E-state index < -0.39 is 10.0 Å². The highest BCUT2D eigenvalue weighted by atomic mass is 32.2. The van der Waals surface area contributed by atoms with Crippen LogP contribution < -0.4 is 5.32 Å². The topological polar surface area (TPSA) is 66.5 Å². The highest BCUT2D eigenvalue weighted by Crippen LogP contribution is 2.22. The van der Waals surface area contributed by atoms with E-state index in [2.05, 4.69) is 5.32 Å². The lowest BCUT2D eigenvalue weighted by molar-refractivity contribution is 0.0927. The number of hydrogen-bond donors (Lipinski definition) is 1. The summed E-state index contributed by atoms with van der Waals surface area (Å²) < 4.78 is 26.7. The van der Waals surface area contributed by atoms with E-state index in [-0.39, 0.29) is 16.8 Å². The summed E-state index contributed by atoms with van der Waals surface area (Å²) >= 11 is 0. The van der Waals surface area contributed by atoms with Gasteiger partial charge in [0.25, 0.3) is 5.91 Å². The first-order valence-electron chi connectivity index (χ1n) is 8.48. The first-order chi connectivity index (χ1) is 11.1. The monoisotopic (exact) mass is 336 g/mol. The van der Waals surface area contributed by atoms with Gasteiger partial charge in [-0.25, -0.2) is 8.42 Å². The molecule has 1 aliphatic carbocycles. The zero-order chi connectivity index (χ0) is 16.3. The van der Waals surface area contributed by atoms with Crippen molar-refractivity contribution in [3.8, 4) is 0 Å². The highest BCUT2D eigenvalue weighted by Gasteiger charge is 2.27. The third-order valence-electron chi connectivity index (χ3n) is 4.74. The van der Waals surface area contributed by atoms with Crippen LogP contribution in [0.25, 0.3) is 0 Å². The van der Waals surface area contributed by atoms with Crippen LogP contribution in [0.2, 0.25) is 0 Å². The molecular formula is C17H24N2O3S. The molecule has 1 aromatic rings. The van der Waals surface area contributed by atoms with Gasteiger partial charge in [0.2, 0.25) is 10.0 Å². The molecule has 0 spiro atoms. The summed E-state index contributed by atoms with van der Waals surface area (Å²) in [5, 5.41) is 3.04. The van der Waals surface area contributed by atoms with Crippen molar-refractivity contribution in [2.45, 2.75) is 55.9 Å². The Labute approximate surface area is 138 Å². The van der Waals surface area contributed by atoms with Gasteiger partial charge in [0.15, 0.2) is 0 Å². The average molecular weight is 336 g/mol. The predicted octanol–water partition coefficient (Wildman–Crippen LogP) is 2.53. The maximum absolute atomic E-state index is 12.6. The minimum absolute atomic E-state index is 0.171. The second-order valence-electron chi connectivity index (χ2n) is 6.45. The molecule has 1 aromatic carbocycles. The fourth-order valence-corrected chi connectivity index (χ4v) is 4.95. The van der Waals surface area contributed by atoms with Crippen molar-refractivity contribution in [1.29, 1.82) is 0 Å². The molecule has 6 heteroatoms. The van der Waals surface area contributed by atoms with E-state index in [1.165, 1.54) is 16.8 Å². The predicted molar refractivity (Wildman–Crippen MR) is 88.8 cm³/mol. The van der Waals surface area contributed by atoms with E-state index in [0.29, 0.717) is 18.7 Å². The summed E-state index contributed by atoms with van der Waals surface area (Å²) in [6, 6.07) is 6.63. The zero-order valence-electron chi connectivity index (χ0n) is 13.3. The zero-order valence-corrected chi connectivity index (χ0v) is 14.1. The number of nitrogens with zero attached hydrogens (tertiary/aromatic N) is 1. The lowest BCUT2D eigenvalue weighted by Gasteiger charge is -2.23. The second-order valence-corrected chi connectivity index (χ2v) is 8.39. The second kappa shape index (κ2) is 7.01. The molecule has 3 rings (SSSR count). The molecule has 1 N–H and O–H groups in total. The molecule has 1 saturated carbocycles. The van der Waals surface area contributed by atoms with Crippen LogP contribution in [0.4, 0.5) is 0 Å². The van der Waals surface area contributed by atoms with Gasteiger partial charge < -0.3 is 5.32 Å². The van der Waals surface area contributed by atoms with Crippen molar-refractivity contribution in [2.75, 3.05) is 13.1 Å². The Morgan fingerprint density at radius 3 is 2.43 bits per heavy atom. The fraction of sp³-hybridized carbons (Fsp3) is 0.588. The molecule has 0 unspecified atom stereocenters. The van der Waals surface area contributed by atoms with Crippen molar-refractivity contribution in [3.05, 3.63) is 29.8 Å². The molecule has 126 valence electrons. The van der Waals surface area contributed by atoms with E-state index in [1.54, 1.807) is 18.2 Å². The third-order valence-corrected chi connectivity index (χ3v) is 6.63. The summed E-state index contributed by atoms with van der Waals surface area (Å²) in [5.74, 6) is -0.171. The third kappa shape index (κ3) is 3.75. The fourth-order valence-electron chi connectivity index (χ4n) is 3.39. The van der Waals surface area contributed by atoms with Crippen LogP contribution in [-0.2, 0) is 10.0 Å². The Bertz CT molecular complexity index is 660. The number of benzene rings is 1. The average Bonchev–Trinajstić information content (AvgIpc) is 3.11. The van der Waals surface area contributed by atoms with Gasteiger partial charge in [-0.1, -0.05) is 25.3 Å². The van der Waals surface area contributed by atoms with Crippen LogP contribution in [0.1, 0.15) is 55.3 Å². The van der Waals surface area contributed by atoms with Crippen LogP contribution in [-0.4, -0.2) is 37.8 Å². The van der Waals surface area contributed by atoms with Gasteiger partial charge in [0, 0.05) is 24.7 Å². The number of carbonyl (C=O) groups excluding carboxylic acids is 1. The Balaban J connectivity index is 1.75. The van der Waals surface area contributed by atoms with E-state index in [9.17, 15) is 13.2 Å². The van der Waals surface area contributed by atoms with E-state index in [0.717, 1.165) is 38.5 Å². The van der Waals surface area contributed by atoms with Gasteiger partial charge in [0.1, 0.15) is 0 Å². The van der Waals surface area contributed by atoms with Gasteiger partial charge in [-0.3, -0.25) is 4.79 Å². The van der Waals surface area contributed by atoms with Crippen LogP contribution in [0.5, 0.6) is 0 Å². The minimum Gasteiger partial charge on any atom is -0.349 e. The van der Waals surface area contributed by atoms with Crippen LogP contribution >= 0.6 is 0 Å². The van der Waals surface area contributed by atoms with E-state index >= 15 is 0 Å². The summed E-state index contributed by atoms with van der Waals surface area (Å²) in [6.07, 6.45) is 7.36. The molecule has 2 fully saturated rings. The maximum atomic E-state index is 12.6. The lowest BCUT2D eigenvalue weighted by atomic mass is 9.95. The molecule has 23 heavy (non-hydrogen) atoms. The Hall–Kier alpha value is -1.40. The summed E-state index contributed by atoms with van der Waals surface area (Å²) in [5.41, 5.74) is 0.427. The first-order valence-corrected chi connectivity index (χ1v) is 9.92. The van der Waals surface area contributed by atoms with Gasteiger partial charge >= 0.3 is 0 Å². The first kappa shape index (κ1) is 16.5. The smallest absolute Gasteiger partial charge is 0.251 e. The molecule has 1 saturated heterocycles. The largest absolute Gasteiger partial charge is 0.349 e. The Kier molecular flexibility index (Phi) is 5.02. The molecule has 0 bridgehead atoms. The quantitative estimate of drug-likeness (QED) is 0.919. The van der Waals surface area contributed by atoms with Crippen molar-refractivity contribution in [3.63, 3.8) is 0 Å². The summed E-state index contributed by atoms with van der Waals surface area (Å²) in [7, 11) is -3.47. The van der Waals surface area contributed by atoms with Gasteiger partial charge in [0.05, 0.1) is 4.90 Å². The molecule has 1 aliphatic heterocycles. The van der Waals surface area contributed by atoms with Gasteiger partial charge in [-0.2, -0.15) is 4.31 Å². The summed E-state index contributed by atoms with van der Waals surface area (Å²) in [4.78, 5) is 12.6. The minimum atomic E-state index is -3.47. The summed E-state index contributed by atoms with van der Waals surface area (Å²) in [6.45, 7) is 1.14. The van der Waals surface area contributed by atoms with Gasteiger partial charge in [-0.15, -0.1) is 0 Å². The maximum Gasteiger partial charge on any atom is 0.251 e. The normalized spacial score (nSPS) is 20.5. The molecule has 5 nitrogen and oxygen atoms in total. The molecule has 2 aliphatic rings. The molecule has 1 heterocycles. The number of nitrogens with one attached hydrogen (secondary N) is 1. The Morgan fingerprint density at radius 1 is 1.04 bits per heavy atom. The van der Waals surface area contributed by atoms with Crippen molar-refractivity contribution < 1.29 is 13.2 Å². The number of rotatable bonds is 4. The van der Waals surface area contributed by atoms with E-state index in [1.807, 2.05) is 0 Å². The number of hydrogen-bond acceptors (Lipinski definition) is 3. The van der Waals surface area contributed by atoms with Crippen molar-refractivity contribution in [2.24, 2.45) is 0 Å². The van der Waals surface area contributed by atoms with Crippen LogP contribution in [0.15, 0.2) is 29.2 Å². The van der Waals surface area contributed by atoms with Crippen LogP contribution in [0, 0.1) is 0 Å². The highest BCUT2D eigenvalue weighted by molar-refractivity contribution is 7.89. The molecule has 0 aromatic heterocycles. The van der Waals surface area contributed by atoms with Gasteiger partial charge in [-0.05, 0) is 43.9 Å². The number of sulfonamides is 1. The SMILES string of the molecule is O=C(NC1CCCCC1)c1cccc(S(=O)(=O)N2CCCC2)c1. The lowest BCUT2D eigenvalue weighted by Crippen LogP contribution is -2.36. The Morgan fingerprint density at radius 2 is 1.74 bits per heavy atom. The molecule has 0 radical (unpaired) electrons. The van der Waals surface area contributed by atoms with E-state index in [4.69, 9.17) is 0 Å². The van der Waals surface area contributed by atoms with Crippen LogP contribution in [0.3, 0.4) is 0 Å². The molecule has 1 amide bonds. The van der Waals surface area contributed by atoms with Crippen molar-refractivity contribution >= 4 is 15.9 Å².